The molecule has 13 aromatic rings. The zero-order chi connectivity index (χ0) is 44.1. The number of fused-ring (bicyclic) bond motifs is 24. The number of hydrogen-bond acceptors (Lipinski definition) is 3. The lowest BCUT2D eigenvalue weighted by Gasteiger charge is -2.33. The first-order valence-corrected chi connectivity index (χ1v) is 26.5. The van der Waals surface area contributed by atoms with E-state index in [2.05, 4.69) is 196 Å². The smallest absolute Gasteiger partial charge is 0.249 e. The monoisotopic (exact) mass is 921 g/mol. The molecule has 0 radical (unpaired) electrons. The van der Waals surface area contributed by atoms with E-state index in [4.69, 9.17) is 0 Å². The molecular formula is C60H30B3N3S3. The van der Waals surface area contributed by atoms with Crippen molar-refractivity contribution in [1.82, 2.24) is 13.7 Å². The van der Waals surface area contributed by atoms with Gasteiger partial charge in [0.25, 0.3) is 0 Å². The molecule has 6 aliphatic heterocycles. The van der Waals surface area contributed by atoms with Crippen LogP contribution in [0.1, 0.15) is 0 Å². The average molecular weight is 922 g/mol. The lowest BCUT2D eigenvalue weighted by molar-refractivity contribution is 1.16. The van der Waals surface area contributed by atoms with E-state index in [9.17, 15) is 0 Å². The van der Waals surface area contributed by atoms with Crippen LogP contribution in [0.3, 0.4) is 0 Å². The van der Waals surface area contributed by atoms with Crippen molar-refractivity contribution in [1.29, 1.82) is 0 Å². The molecule has 0 unspecified atom stereocenters. The van der Waals surface area contributed by atoms with E-state index in [1.165, 1.54) is 161 Å². The average Bonchev–Trinajstić information content (AvgIpc) is 4.05. The van der Waals surface area contributed by atoms with Crippen molar-refractivity contribution in [2.24, 2.45) is 0 Å². The van der Waals surface area contributed by atoms with Crippen LogP contribution < -0.4 is 49.2 Å². The fourth-order valence-electron chi connectivity index (χ4n) is 14.5. The molecule has 0 N–H and O–H groups in total. The minimum Gasteiger partial charge on any atom is -0.309 e. The van der Waals surface area contributed by atoms with E-state index in [1.54, 1.807) is 0 Å². The highest BCUT2D eigenvalue weighted by Crippen LogP contribution is 2.52. The van der Waals surface area contributed by atoms with Crippen LogP contribution >= 0.6 is 35.3 Å². The van der Waals surface area contributed by atoms with Crippen molar-refractivity contribution in [3.05, 3.63) is 182 Å². The quantitative estimate of drug-likeness (QED) is 0.142. The molecule has 6 aliphatic rings. The van der Waals surface area contributed by atoms with E-state index in [0.717, 1.165) is 0 Å². The Hall–Kier alpha value is -7.16. The third-order valence-electron chi connectivity index (χ3n) is 16.8. The summed E-state index contributed by atoms with van der Waals surface area (Å²) in [5, 5.41) is 7.99. The molecule has 9 heteroatoms. The maximum absolute atomic E-state index is 2.74. The molecule has 3 aromatic heterocycles. The van der Waals surface area contributed by atoms with E-state index < -0.39 is 0 Å². The van der Waals surface area contributed by atoms with Gasteiger partial charge in [-0.2, -0.15) is 0 Å². The Bertz CT molecular complexity index is 4200. The minimum atomic E-state index is 0.135. The summed E-state index contributed by atoms with van der Waals surface area (Å²) < 4.78 is 8.21. The Kier molecular flexibility index (Phi) is 6.33. The van der Waals surface area contributed by atoms with Gasteiger partial charge in [-0.05, 0) is 87.4 Å². The second kappa shape index (κ2) is 12.2. The van der Waals surface area contributed by atoms with E-state index in [-0.39, 0.29) is 20.1 Å². The summed E-state index contributed by atoms with van der Waals surface area (Å²) in [4.78, 5) is 8.13. The Morgan fingerprint density at radius 1 is 0.246 bits per heavy atom. The van der Waals surface area contributed by atoms with Crippen molar-refractivity contribution in [2.45, 2.75) is 29.4 Å². The van der Waals surface area contributed by atoms with Crippen LogP contribution in [0, 0.1) is 0 Å². The summed E-state index contributed by atoms with van der Waals surface area (Å²) >= 11 is 5.80. The standard InChI is InChI=1S/C60H30B3N3S3/c1-4-25-43-34(16-1)61-37-19-7-13-31-49-58(64(55(31)37)40-22-10-28-46(67-43)52(40)61)50-32-14-8-20-38-56(32)66(42-24-12-30-48-54(42)62(38)35-17-2-5-26-44(35)69-48)60(50)51-33-15-9-21-39-57(33)65(59(49)51)41-23-11-29-47-53(41)63(39)36-18-3-6-27-45(36)68-47/h1-30H. The number of para-hydroxylation sites is 3. The zero-order valence-corrected chi connectivity index (χ0v) is 39.1. The molecule has 0 amide bonds. The molecule has 0 aliphatic carbocycles. The SMILES string of the molecule is c1ccc2c(c1)Sc1cccc3c1B2c1cccc2c4c(c5c6cccc7c6n(c5c5c6cccc8c6n(c45)-c4cccc5c4B8c4ccccc4S5)-c4cccc5c4B7c4ccccc4S5)n-3c12. The highest BCUT2D eigenvalue weighted by Gasteiger charge is 2.45. The summed E-state index contributed by atoms with van der Waals surface area (Å²) in [6.07, 6.45) is 0. The van der Waals surface area contributed by atoms with Gasteiger partial charge in [0, 0.05) is 95.3 Å². The van der Waals surface area contributed by atoms with Gasteiger partial charge in [-0.25, -0.2) is 0 Å². The summed E-state index contributed by atoms with van der Waals surface area (Å²) in [6.45, 7) is 0.405. The van der Waals surface area contributed by atoms with Crippen molar-refractivity contribution >= 4 is 170 Å². The number of nitrogens with zero attached hydrogens (tertiary/aromatic N) is 3. The Morgan fingerprint density at radius 3 is 0.855 bits per heavy atom. The third-order valence-corrected chi connectivity index (χ3v) is 20.3. The molecule has 0 saturated heterocycles. The van der Waals surface area contributed by atoms with Gasteiger partial charge < -0.3 is 13.7 Å². The molecule has 19 rings (SSSR count). The first-order chi connectivity index (χ1) is 34.3. The Balaban J connectivity index is 1.11. The Labute approximate surface area is 409 Å². The number of rotatable bonds is 0. The summed E-state index contributed by atoms with van der Waals surface area (Å²) in [7, 11) is 0. The van der Waals surface area contributed by atoms with Crippen LogP contribution in [0.15, 0.2) is 211 Å². The molecule has 10 aromatic carbocycles. The summed E-state index contributed by atoms with van der Waals surface area (Å²) in [5.41, 5.74) is 24.5. The largest absolute Gasteiger partial charge is 0.309 e. The maximum Gasteiger partial charge on any atom is 0.249 e. The molecule has 0 bridgehead atoms. The van der Waals surface area contributed by atoms with E-state index >= 15 is 0 Å². The molecule has 3 nitrogen and oxygen atoms in total. The fourth-order valence-corrected chi connectivity index (χ4v) is 18.0. The van der Waals surface area contributed by atoms with Crippen LogP contribution in [0.5, 0.6) is 0 Å². The number of benzene rings is 10. The maximum atomic E-state index is 2.74. The zero-order valence-electron chi connectivity index (χ0n) is 36.6. The van der Waals surface area contributed by atoms with Crippen LogP contribution in [-0.4, -0.2) is 33.8 Å². The fraction of sp³-hybridized carbons (Fsp3) is 0. The Morgan fingerprint density at radius 2 is 0.522 bits per heavy atom. The molecule has 312 valence electrons. The van der Waals surface area contributed by atoms with Crippen LogP contribution in [0.2, 0.25) is 0 Å². The van der Waals surface area contributed by atoms with Gasteiger partial charge in [0.1, 0.15) is 0 Å². The van der Waals surface area contributed by atoms with E-state index in [1.807, 2.05) is 35.3 Å². The molecule has 9 heterocycles. The predicted molar refractivity (Wildman–Crippen MR) is 295 cm³/mol. The molecular weight excluding hydrogens is 891 g/mol. The van der Waals surface area contributed by atoms with E-state index in [0.29, 0.717) is 0 Å². The molecule has 0 saturated carbocycles. The van der Waals surface area contributed by atoms with Gasteiger partial charge in [0.15, 0.2) is 0 Å². The topological polar surface area (TPSA) is 14.8 Å². The first-order valence-electron chi connectivity index (χ1n) is 24.0. The van der Waals surface area contributed by atoms with Crippen molar-refractivity contribution in [2.75, 3.05) is 0 Å². The lowest BCUT2D eigenvalue weighted by atomic mass is 9.35. The van der Waals surface area contributed by atoms with Crippen LogP contribution in [0.4, 0.5) is 0 Å². The molecule has 0 spiro atoms. The second-order valence-corrected chi connectivity index (χ2v) is 22.9. The lowest BCUT2D eigenvalue weighted by Crippen LogP contribution is -2.58. The third kappa shape index (κ3) is 3.99. The normalized spacial score (nSPS) is 14.7. The highest BCUT2D eigenvalue weighted by atomic mass is 32.2. The summed E-state index contributed by atoms with van der Waals surface area (Å²) in [6, 6.07) is 70.5. The number of hydrogen-bond donors (Lipinski definition) is 0. The van der Waals surface area contributed by atoms with Crippen molar-refractivity contribution in [3.8, 4) is 17.1 Å². The van der Waals surface area contributed by atoms with Gasteiger partial charge in [0.05, 0.1) is 16.6 Å². The molecule has 0 fully saturated rings. The van der Waals surface area contributed by atoms with Gasteiger partial charge in [-0.3, -0.25) is 0 Å². The van der Waals surface area contributed by atoms with Gasteiger partial charge in [-0.1, -0.05) is 179 Å². The van der Waals surface area contributed by atoms with Crippen molar-refractivity contribution < 1.29 is 0 Å². The van der Waals surface area contributed by atoms with Gasteiger partial charge >= 0.3 is 0 Å². The second-order valence-electron chi connectivity index (χ2n) is 19.7. The minimum absolute atomic E-state index is 0.135. The predicted octanol–water partition coefficient (Wildman–Crippen LogP) is 8.86. The van der Waals surface area contributed by atoms with Crippen LogP contribution in [-0.2, 0) is 0 Å². The van der Waals surface area contributed by atoms with Gasteiger partial charge in [0.2, 0.25) is 20.1 Å². The molecule has 0 atom stereocenters. The highest BCUT2D eigenvalue weighted by molar-refractivity contribution is 8.00. The number of aromatic nitrogens is 3. The van der Waals surface area contributed by atoms with Crippen LogP contribution in [0.25, 0.3) is 82.5 Å². The molecule has 69 heavy (non-hydrogen) atoms. The first kappa shape index (κ1) is 35.9. The summed E-state index contributed by atoms with van der Waals surface area (Å²) in [5.74, 6) is 0. The van der Waals surface area contributed by atoms with Gasteiger partial charge in [-0.15, -0.1) is 0 Å². The van der Waals surface area contributed by atoms with Crippen molar-refractivity contribution in [3.63, 3.8) is 0 Å².